The Labute approximate surface area is 145 Å². The van der Waals surface area contributed by atoms with Gasteiger partial charge in [0, 0.05) is 30.5 Å². The van der Waals surface area contributed by atoms with Gasteiger partial charge >= 0.3 is 0 Å². The van der Waals surface area contributed by atoms with Gasteiger partial charge in [-0.15, -0.1) is 10.2 Å². The Morgan fingerprint density at radius 3 is 2.38 bits per heavy atom. The summed E-state index contributed by atoms with van der Waals surface area (Å²) in [5.41, 5.74) is 2.59. The summed E-state index contributed by atoms with van der Waals surface area (Å²) >= 11 is 5.95. The Kier molecular flexibility index (Phi) is 4.01. The first-order valence-corrected chi connectivity index (χ1v) is 8.19. The average molecular weight is 338 g/mol. The molecule has 0 N–H and O–H groups in total. The van der Waals surface area contributed by atoms with Crippen molar-refractivity contribution >= 4 is 23.0 Å². The highest BCUT2D eigenvalue weighted by Gasteiger charge is 2.15. The van der Waals surface area contributed by atoms with Gasteiger partial charge in [0.05, 0.1) is 0 Å². The molecule has 1 aliphatic rings. The van der Waals surface area contributed by atoms with Crippen molar-refractivity contribution in [2.75, 3.05) is 18.0 Å². The molecule has 0 saturated carbocycles. The zero-order valence-electron chi connectivity index (χ0n) is 13.0. The Balaban J connectivity index is 1.48. The lowest BCUT2D eigenvalue weighted by atomic mass is 9.99. The number of anilines is 1. The van der Waals surface area contributed by atoms with E-state index in [-0.39, 0.29) is 0 Å². The second kappa shape index (κ2) is 6.45. The highest BCUT2D eigenvalue weighted by Crippen LogP contribution is 2.25. The van der Waals surface area contributed by atoms with E-state index in [0.717, 1.165) is 36.2 Å². The lowest BCUT2D eigenvalue weighted by Gasteiger charge is -2.27. The smallest absolute Gasteiger partial charge is 0.160 e. The van der Waals surface area contributed by atoms with E-state index < -0.39 is 0 Å². The monoisotopic (exact) mass is 337 g/mol. The summed E-state index contributed by atoms with van der Waals surface area (Å²) in [5, 5.41) is 9.40. The maximum Gasteiger partial charge on any atom is 0.160 e. The summed E-state index contributed by atoms with van der Waals surface area (Å²) in [5.74, 6) is 1.66. The van der Waals surface area contributed by atoms with Gasteiger partial charge < -0.3 is 4.90 Å². The third-order valence-electron chi connectivity index (χ3n) is 4.15. The first-order valence-electron chi connectivity index (χ1n) is 7.81. The number of hydrogen-bond acceptors (Lipinski definition) is 4. The maximum atomic E-state index is 5.95. The quantitative estimate of drug-likeness (QED) is 0.732. The fourth-order valence-corrected chi connectivity index (χ4v) is 2.95. The maximum absolute atomic E-state index is 5.95. The van der Waals surface area contributed by atoms with Gasteiger partial charge in [0.25, 0.3) is 0 Å². The summed E-state index contributed by atoms with van der Waals surface area (Å²) in [4.78, 5) is 6.25. The minimum Gasteiger partial charge on any atom is -0.351 e. The molecule has 24 heavy (non-hydrogen) atoms. The molecule has 0 saturated heterocycles. The van der Waals surface area contributed by atoms with Crippen molar-refractivity contribution in [2.24, 2.45) is 0 Å². The number of rotatable bonds is 3. The van der Waals surface area contributed by atoms with Crippen molar-refractivity contribution in [3.63, 3.8) is 0 Å². The molecule has 0 bridgehead atoms. The van der Waals surface area contributed by atoms with Crippen LogP contribution in [0.1, 0.15) is 12.0 Å². The number of hydrogen-bond donors (Lipinski definition) is 0. The molecule has 120 valence electrons. The number of aromatic nitrogens is 4. The van der Waals surface area contributed by atoms with Crippen LogP contribution in [0.25, 0.3) is 11.4 Å². The molecule has 0 fully saturated rings. The van der Waals surface area contributed by atoms with Crippen LogP contribution in [0.5, 0.6) is 0 Å². The van der Waals surface area contributed by atoms with Gasteiger partial charge in [-0.05, 0) is 41.8 Å². The van der Waals surface area contributed by atoms with Gasteiger partial charge in [-0.25, -0.2) is 4.98 Å². The molecule has 6 heteroatoms. The zero-order chi connectivity index (χ0) is 16.4. The Hall–Kier alpha value is -2.66. The summed E-state index contributed by atoms with van der Waals surface area (Å²) in [6.07, 6.45) is 8.52. The highest BCUT2D eigenvalue weighted by atomic mass is 35.5. The van der Waals surface area contributed by atoms with Crippen LogP contribution in [-0.4, -0.2) is 32.8 Å². The van der Waals surface area contributed by atoms with Crippen molar-refractivity contribution in [1.29, 1.82) is 0 Å². The normalized spacial score (nSPS) is 14.5. The zero-order valence-corrected chi connectivity index (χ0v) is 13.8. The van der Waals surface area contributed by atoms with Crippen LogP contribution in [0.15, 0.2) is 61.2 Å². The van der Waals surface area contributed by atoms with E-state index in [9.17, 15) is 0 Å². The van der Waals surface area contributed by atoms with E-state index in [2.05, 4.69) is 38.3 Å². The van der Waals surface area contributed by atoms with E-state index in [1.807, 2.05) is 35.0 Å². The van der Waals surface area contributed by atoms with Gasteiger partial charge in [0.2, 0.25) is 0 Å². The van der Waals surface area contributed by atoms with E-state index in [4.69, 9.17) is 11.6 Å². The molecule has 3 heterocycles. The highest BCUT2D eigenvalue weighted by molar-refractivity contribution is 6.30. The second-order valence-electron chi connectivity index (χ2n) is 5.65. The summed E-state index contributed by atoms with van der Waals surface area (Å²) in [6, 6.07) is 12.0. The van der Waals surface area contributed by atoms with Crippen molar-refractivity contribution in [2.45, 2.75) is 6.42 Å². The first kappa shape index (κ1) is 14.9. The van der Waals surface area contributed by atoms with E-state index in [1.165, 1.54) is 11.1 Å². The third kappa shape index (κ3) is 3.03. The minimum absolute atomic E-state index is 0.769. The van der Waals surface area contributed by atoms with Crippen LogP contribution in [0.2, 0.25) is 5.02 Å². The Bertz CT molecular complexity index is 838. The van der Waals surface area contributed by atoms with E-state index >= 15 is 0 Å². The first-order chi connectivity index (χ1) is 11.8. The number of benzene rings is 1. The SMILES string of the molecule is Clc1ccc(C2=CCN(c3ccc(-n4ccnc4)nn3)CC2)cc1. The molecule has 4 rings (SSSR count). The largest absolute Gasteiger partial charge is 0.351 e. The number of halogens is 1. The standard InChI is InChI=1S/C18H16ClN5/c19-16-3-1-14(2-4-16)15-7-10-23(11-8-15)17-5-6-18(22-21-17)24-12-9-20-13-24/h1-7,9,12-13H,8,10-11H2. The molecule has 0 atom stereocenters. The molecule has 0 unspecified atom stereocenters. The minimum atomic E-state index is 0.769. The van der Waals surface area contributed by atoms with Gasteiger partial charge in [0.15, 0.2) is 11.6 Å². The predicted octanol–water partition coefficient (Wildman–Crippen LogP) is 3.61. The van der Waals surface area contributed by atoms with Crippen LogP contribution in [0, 0.1) is 0 Å². The van der Waals surface area contributed by atoms with E-state index in [0.29, 0.717) is 0 Å². The molecule has 5 nitrogen and oxygen atoms in total. The molecule has 0 amide bonds. The van der Waals surface area contributed by atoms with Crippen LogP contribution >= 0.6 is 11.6 Å². The fourth-order valence-electron chi connectivity index (χ4n) is 2.82. The summed E-state index contributed by atoms with van der Waals surface area (Å²) in [7, 11) is 0. The van der Waals surface area contributed by atoms with Gasteiger partial charge in [-0.3, -0.25) is 4.57 Å². The van der Waals surface area contributed by atoms with Crippen LogP contribution in [0.3, 0.4) is 0 Å². The molecular formula is C18H16ClN5. The number of nitrogens with zero attached hydrogens (tertiary/aromatic N) is 5. The fraction of sp³-hybridized carbons (Fsp3) is 0.167. The molecule has 0 aliphatic carbocycles. The molecule has 2 aromatic heterocycles. The van der Waals surface area contributed by atoms with Crippen LogP contribution in [0.4, 0.5) is 5.82 Å². The van der Waals surface area contributed by atoms with Gasteiger partial charge in [-0.1, -0.05) is 29.8 Å². The average Bonchev–Trinajstić information content (AvgIpc) is 3.17. The van der Waals surface area contributed by atoms with Crippen molar-refractivity contribution in [3.05, 3.63) is 71.8 Å². The summed E-state index contributed by atoms with van der Waals surface area (Å²) in [6.45, 7) is 1.75. The van der Waals surface area contributed by atoms with Gasteiger partial charge in [0.1, 0.15) is 6.33 Å². The van der Waals surface area contributed by atoms with Crippen LogP contribution in [-0.2, 0) is 0 Å². The molecule has 0 radical (unpaired) electrons. The lowest BCUT2D eigenvalue weighted by Crippen LogP contribution is -2.29. The number of imidazole rings is 1. The van der Waals surface area contributed by atoms with Crippen molar-refractivity contribution in [1.82, 2.24) is 19.7 Å². The third-order valence-corrected chi connectivity index (χ3v) is 4.41. The second-order valence-corrected chi connectivity index (χ2v) is 6.09. The Morgan fingerprint density at radius 2 is 1.75 bits per heavy atom. The van der Waals surface area contributed by atoms with Gasteiger partial charge in [-0.2, -0.15) is 0 Å². The lowest BCUT2D eigenvalue weighted by molar-refractivity contribution is 0.792. The predicted molar refractivity (Wildman–Crippen MR) is 95.4 cm³/mol. The molecule has 3 aromatic rings. The van der Waals surface area contributed by atoms with Crippen molar-refractivity contribution in [3.8, 4) is 5.82 Å². The summed E-state index contributed by atoms with van der Waals surface area (Å²) < 4.78 is 1.84. The van der Waals surface area contributed by atoms with Crippen molar-refractivity contribution < 1.29 is 0 Å². The molecular weight excluding hydrogens is 322 g/mol. The van der Waals surface area contributed by atoms with Crippen LogP contribution < -0.4 is 4.90 Å². The molecule has 0 spiro atoms. The topological polar surface area (TPSA) is 46.8 Å². The Morgan fingerprint density at radius 1 is 0.958 bits per heavy atom. The van der Waals surface area contributed by atoms with E-state index in [1.54, 1.807) is 12.5 Å². The molecule has 1 aliphatic heterocycles. The molecule has 1 aromatic carbocycles.